The van der Waals surface area contributed by atoms with Gasteiger partial charge in [0.05, 0.1) is 0 Å². The molecule has 1 radical (unpaired) electrons. The van der Waals surface area contributed by atoms with E-state index in [2.05, 4.69) is 107 Å². The smallest absolute Gasteiger partial charge is 0 e. The van der Waals surface area contributed by atoms with Crippen molar-refractivity contribution in [1.82, 2.24) is 0 Å². The molecule has 157 valence electrons. The summed E-state index contributed by atoms with van der Waals surface area (Å²) >= 11 is 0. The molecule has 0 amide bonds. The molecule has 2 aliphatic rings. The second-order valence-electron chi connectivity index (χ2n) is 12.1. The summed E-state index contributed by atoms with van der Waals surface area (Å²) in [5, 5.41) is 0. The van der Waals surface area contributed by atoms with E-state index in [0.29, 0.717) is 21.7 Å². The van der Waals surface area contributed by atoms with Crippen molar-refractivity contribution in [3.05, 3.63) is 46.6 Å². The molecule has 27 heavy (non-hydrogen) atoms. The molecule has 0 saturated carbocycles. The van der Waals surface area contributed by atoms with Gasteiger partial charge in [-0.25, -0.2) is 0 Å². The Morgan fingerprint density at radius 3 is 0.852 bits per heavy atom. The van der Waals surface area contributed by atoms with Crippen LogP contribution in [0.5, 0.6) is 0 Å². The zero-order valence-electron chi connectivity index (χ0n) is 20.1. The van der Waals surface area contributed by atoms with Crippen LogP contribution in [0, 0.1) is 21.7 Å². The summed E-state index contributed by atoms with van der Waals surface area (Å²) in [6, 6.07) is 0. The molecule has 0 saturated heterocycles. The Balaban J connectivity index is 0.000000483. The molecule has 0 aromatic heterocycles. The summed E-state index contributed by atoms with van der Waals surface area (Å²) in [5.41, 5.74) is 7.43. The fourth-order valence-corrected chi connectivity index (χ4v) is 3.14. The van der Waals surface area contributed by atoms with Crippen molar-refractivity contribution < 1.29 is 16.8 Å². The van der Waals surface area contributed by atoms with Gasteiger partial charge in [-0.1, -0.05) is 119 Å². The van der Waals surface area contributed by atoms with Crippen molar-refractivity contribution in [3.63, 3.8) is 0 Å². The molecule has 0 bridgehead atoms. The Morgan fingerprint density at radius 1 is 0.481 bits per heavy atom. The van der Waals surface area contributed by atoms with Crippen LogP contribution < -0.4 is 0 Å². The van der Waals surface area contributed by atoms with E-state index in [1.54, 1.807) is 11.1 Å². The Bertz CT molecular complexity index is 566. The van der Waals surface area contributed by atoms with Crippen molar-refractivity contribution in [1.29, 1.82) is 0 Å². The van der Waals surface area contributed by atoms with Crippen molar-refractivity contribution in [2.75, 3.05) is 0 Å². The summed E-state index contributed by atoms with van der Waals surface area (Å²) in [7, 11) is 0. The number of allylic oxidation sites excluding steroid dienone is 8. The van der Waals surface area contributed by atoms with Crippen LogP contribution in [0.25, 0.3) is 0 Å². The molecule has 0 spiro atoms. The van der Waals surface area contributed by atoms with Gasteiger partial charge >= 0.3 is 0 Å². The molecule has 2 aliphatic carbocycles. The third-order valence-corrected chi connectivity index (χ3v) is 5.40. The topological polar surface area (TPSA) is 0 Å². The molecule has 0 aliphatic heterocycles. The first kappa shape index (κ1) is 26.5. The van der Waals surface area contributed by atoms with E-state index in [-0.39, 0.29) is 16.8 Å². The molecule has 0 aromatic carbocycles. The zero-order valence-corrected chi connectivity index (χ0v) is 21.1. The molecule has 1 heteroatoms. The fourth-order valence-electron chi connectivity index (χ4n) is 3.14. The molecule has 0 nitrogen and oxygen atoms in total. The second-order valence-corrected chi connectivity index (χ2v) is 12.1. The van der Waals surface area contributed by atoms with Crippen LogP contribution in [0.4, 0.5) is 0 Å². The van der Waals surface area contributed by atoms with E-state index in [9.17, 15) is 0 Å². The van der Waals surface area contributed by atoms with Crippen LogP contribution in [0.2, 0.25) is 0 Å². The fraction of sp³-hybridized carbons (Fsp3) is 0.692. The Hall–Kier alpha value is -0.534. The summed E-state index contributed by atoms with van der Waals surface area (Å²) in [6.45, 7) is 27.4. The van der Waals surface area contributed by atoms with E-state index >= 15 is 0 Å². The van der Waals surface area contributed by atoms with Crippen molar-refractivity contribution in [2.24, 2.45) is 21.7 Å². The first-order chi connectivity index (χ1) is 11.4. The number of rotatable bonds is 0. The van der Waals surface area contributed by atoms with Crippen molar-refractivity contribution in [2.45, 2.75) is 95.9 Å². The van der Waals surface area contributed by atoms with Crippen LogP contribution in [0.1, 0.15) is 95.9 Å². The normalized spacial score (nSPS) is 17.9. The molecule has 0 N–H and O–H groups in total. The minimum Gasteiger partial charge on any atom is -0.0767 e. The summed E-state index contributed by atoms with van der Waals surface area (Å²) in [4.78, 5) is 0. The van der Waals surface area contributed by atoms with E-state index in [0.717, 1.165) is 12.8 Å². The van der Waals surface area contributed by atoms with Crippen LogP contribution in [-0.2, 0) is 16.8 Å². The van der Waals surface area contributed by atoms with Gasteiger partial charge in [0.1, 0.15) is 0 Å². The maximum atomic E-state index is 2.39. The average Bonchev–Trinajstić information content (AvgIpc) is 3.06. The van der Waals surface area contributed by atoms with Crippen molar-refractivity contribution in [3.8, 4) is 0 Å². The van der Waals surface area contributed by atoms with Gasteiger partial charge in [0, 0.05) is 16.8 Å². The van der Waals surface area contributed by atoms with Gasteiger partial charge in [-0.05, 0) is 45.6 Å². The van der Waals surface area contributed by atoms with Gasteiger partial charge in [0.25, 0.3) is 0 Å². The van der Waals surface area contributed by atoms with Crippen molar-refractivity contribution >= 4 is 0 Å². The SMILES string of the molecule is CC(C)(C)C1=CCC(C(C)(C)C)=C1.CC(C)(C)C1=CCC(C(C)(C)C)=C1.[Co]. The Morgan fingerprint density at radius 2 is 0.741 bits per heavy atom. The standard InChI is InChI=1S/2C13H22.Co/c2*1-12(2,3)10-7-8-11(9-10)13(4,5)6;/h2*7,9H,8H2,1-6H3;. The molecule has 0 unspecified atom stereocenters. The predicted molar refractivity (Wildman–Crippen MR) is 119 cm³/mol. The number of hydrogen-bond acceptors (Lipinski definition) is 0. The van der Waals surface area contributed by atoms with Crippen LogP contribution in [0.3, 0.4) is 0 Å². The summed E-state index contributed by atoms with van der Waals surface area (Å²) in [5.74, 6) is 0. The van der Waals surface area contributed by atoms with Gasteiger partial charge in [-0.3, -0.25) is 0 Å². The van der Waals surface area contributed by atoms with Crippen LogP contribution in [-0.4, -0.2) is 0 Å². The second kappa shape index (κ2) is 8.87. The zero-order chi connectivity index (χ0) is 20.6. The molecular formula is C26H44Co. The van der Waals surface area contributed by atoms with E-state index in [1.807, 2.05) is 0 Å². The summed E-state index contributed by atoms with van der Waals surface area (Å²) < 4.78 is 0. The largest absolute Gasteiger partial charge is 0.0767 e. The minimum atomic E-state index is 0. The van der Waals surface area contributed by atoms with Gasteiger partial charge in [0.15, 0.2) is 0 Å². The van der Waals surface area contributed by atoms with Crippen LogP contribution >= 0.6 is 0 Å². The average molecular weight is 416 g/mol. The first-order valence-electron chi connectivity index (χ1n) is 10.3. The van der Waals surface area contributed by atoms with E-state index in [1.165, 1.54) is 11.1 Å². The van der Waals surface area contributed by atoms with Gasteiger partial charge in [-0.15, -0.1) is 0 Å². The Labute approximate surface area is 180 Å². The number of hydrogen-bond donors (Lipinski definition) is 0. The maximum absolute atomic E-state index is 2.39. The summed E-state index contributed by atoms with van der Waals surface area (Å²) in [6.07, 6.45) is 11.8. The monoisotopic (exact) mass is 415 g/mol. The Kier molecular flexibility index (Phi) is 8.69. The first-order valence-corrected chi connectivity index (χ1v) is 10.3. The van der Waals surface area contributed by atoms with Gasteiger partial charge in [-0.2, -0.15) is 0 Å². The maximum Gasteiger partial charge on any atom is 0 e. The molecule has 2 rings (SSSR count). The van der Waals surface area contributed by atoms with E-state index in [4.69, 9.17) is 0 Å². The van der Waals surface area contributed by atoms with E-state index < -0.39 is 0 Å². The molecule has 0 fully saturated rings. The third-order valence-electron chi connectivity index (χ3n) is 5.40. The quantitative estimate of drug-likeness (QED) is 0.371. The van der Waals surface area contributed by atoms with Gasteiger partial charge < -0.3 is 0 Å². The minimum absolute atomic E-state index is 0. The molecular weight excluding hydrogens is 371 g/mol. The third kappa shape index (κ3) is 8.16. The molecule has 0 aromatic rings. The van der Waals surface area contributed by atoms with Gasteiger partial charge in [0.2, 0.25) is 0 Å². The molecule has 0 heterocycles. The van der Waals surface area contributed by atoms with Crippen LogP contribution in [0.15, 0.2) is 46.6 Å². The predicted octanol–water partition coefficient (Wildman–Crippen LogP) is 8.67. The molecule has 0 atom stereocenters.